The fourth-order valence-corrected chi connectivity index (χ4v) is 3.71. The maximum Gasteiger partial charge on any atom is 0.319 e. The van der Waals surface area contributed by atoms with Crippen molar-refractivity contribution in [3.05, 3.63) is 29.3 Å². The van der Waals surface area contributed by atoms with E-state index in [2.05, 4.69) is 10.6 Å². The molecule has 7 heteroatoms. The highest BCUT2D eigenvalue weighted by Gasteiger charge is 2.35. The summed E-state index contributed by atoms with van der Waals surface area (Å²) >= 11 is 0. The molecular formula is C20H27N3O4. The van der Waals surface area contributed by atoms with Gasteiger partial charge in [0.25, 0.3) is 11.8 Å². The van der Waals surface area contributed by atoms with Crippen molar-refractivity contribution in [2.45, 2.75) is 51.0 Å². The monoisotopic (exact) mass is 373 g/mol. The summed E-state index contributed by atoms with van der Waals surface area (Å²) in [6.07, 6.45) is 7.32. The molecule has 1 aromatic carbocycles. The van der Waals surface area contributed by atoms with Gasteiger partial charge in [-0.25, -0.2) is 4.79 Å². The number of methoxy groups -OCH3 is 1. The molecule has 2 aliphatic rings. The number of hydrogen-bond acceptors (Lipinski definition) is 4. The second-order valence-electron chi connectivity index (χ2n) is 7.16. The molecule has 0 spiro atoms. The standard InChI is InChI=1S/C20H27N3O4/c1-27-12-6-11-23-18(24)16-10-9-15(13-17(16)19(23)25)22-20(26)21-14-7-4-2-3-5-8-14/h9-10,13-14H,2-8,11-12H2,1H3,(H2,21,22,26). The van der Waals surface area contributed by atoms with Crippen molar-refractivity contribution in [2.24, 2.45) is 0 Å². The molecule has 1 aromatic rings. The fourth-order valence-electron chi connectivity index (χ4n) is 3.71. The van der Waals surface area contributed by atoms with Crippen molar-refractivity contribution in [3.63, 3.8) is 0 Å². The first-order valence-electron chi connectivity index (χ1n) is 9.67. The summed E-state index contributed by atoms with van der Waals surface area (Å²) in [6, 6.07) is 4.78. The lowest BCUT2D eigenvalue weighted by Gasteiger charge is -2.16. The second kappa shape index (κ2) is 8.99. The summed E-state index contributed by atoms with van der Waals surface area (Å²) in [5.74, 6) is -0.612. The minimum absolute atomic E-state index is 0.196. The Balaban J connectivity index is 1.62. The molecule has 1 saturated carbocycles. The van der Waals surface area contributed by atoms with Crippen LogP contribution in [0.1, 0.15) is 65.7 Å². The van der Waals surface area contributed by atoms with Crippen LogP contribution in [0.5, 0.6) is 0 Å². The van der Waals surface area contributed by atoms with Gasteiger partial charge in [-0.15, -0.1) is 0 Å². The molecule has 7 nitrogen and oxygen atoms in total. The third-order valence-corrected chi connectivity index (χ3v) is 5.15. The maximum atomic E-state index is 12.5. The molecule has 3 rings (SSSR count). The zero-order valence-corrected chi connectivity index (χ0v) is 15.8. The van der Waals surface area contributed by atoms with Gasteiger partial charge in [-0.1, -0.05) is 25.7 Å². The van der Waals surface area contributed by atoms with E-state index >= 15 is 0 Å². The van der Waals surface area contributed by atoms with E-state index in [-0.39, 0.29) is 23.9 Å². The van der Waals surface area contributed by atoms with Gasteiger partial charge in [-0.05, 0) is 37.5 Å². The lowest BCUT2D eigenvalue weighted by molar-refractivity contribution is 0.0638. The van der Waals surface area contributed by atoms with Gasteiger partial charge in [0.2, 0.25) is 0 Å². The summed E-state index contributed by atoms with van der Waals surface area (Å²) in [5, 5.41) is 5.80. The number of carbonyl (C=O) groups excluding carboxylic acids is 3. The third kappa shape index (κ3) is 4.66. The normalized spacial score (nSPS) is 17.6. The topological polar surface area (TPSA) is 87.7 Å². The van der Waals surface area contributed by atoms with Gasteiger partial charge < -0.3 is 15.4 Å². The van der Waals surface area contributed by atoms with Crippen molar-refractivity contribution in [1.82, 2.24) is 10.2 Å². The minimum atomic E-state index is -0.320. The van der Waals surface area contributed by atoms with Crippen molar-refractivity contribution in [2.75, 3.05) is 25.6 Å². The Morgan fingerprint density at radius 1 is 1.11 bits per heavy atom. The number of hydrogen-bond donors (Lipinski definition) is 2. The maximum absolute atomic E-state index is 12.5. The molecule has 1 fully saturated rings. The van der Waals surface area contributed by atoms with E-state index < -0.39 is 0 Å². The van der Waals surface area contributed by atoms with Crippen LogP contribution >= 0.6 is 0 Å². The summed E-state index contributed by atoms with van der Waals surface area (Å²) in [7, 11) is 1.58. The van der Waals surface area contributed by atoms with Gasteiger partial charge in [0, 0.05) is 32.0 Å². The SMILES string of the molecule is COCCCN1C(=O)c2ccc(NC(=O)NC3CCCCCC3)cc2C1=O. The molecule has 1 heterocycles. The number of nitrogens with one attached hydrogen (secondary N) is 2. The van der Waals surface area contributed by atoms with Crippen LogP contribution < -0.4 is 10.6 Å². The largest absolute Gasteiger partial charge is 0.385 e. The Hall–Kier alpha value is -2.41. The summed E-state index contributed by atoms with van der Waals surface area (Å²) in [6.45, 7) is 0.812. The lowest BCUT2D eigenvalue weighted by Crippen LogP contribution is -2.37. The van der Waals surface area contributed by atoms with E-state index in [1.165, 1.54) is 17.7 Å². The van der Waals surface area contributed by atoms with Gasteiger partial charge in [-0.2, -0.15) is 0 Å². The van der Waals surface area contributed by atoms with E-state index in [4.69, 9.17) is 4.74 Å². The molecule has 1 aliphatic carbocycles. The molecule has 0 bridgehead atoms. The quantitative estimate of drug-likeness (QED) is 0.455. The van der Waals surface area contributed by atoms with Crippen molar-refractivity contribution in [1.29, 1.82) is 0 Å². The molecule has 0 unspecified atom stereocenters. The number of fused-ring (bicyclic) bond motifs is 1. The Bertz CT molecular complexity index is 711. The Morgan fingerprint density at radius 2 is 1.81 bits per heavy atom. The number of nitrogens with zero attached hydrogens (tertiary/aromatic N) is 1. The van der Waals surface area contributed by atoms with Gasteiger partial charge in [0.15, 0.2) is 0 Å². The van der Waals surface area contributed by atoms with Crippen molar-refractivity contribution < 1.29 is 19.1 Å². The van der Waals surface area contributed by atoms with Crippen molar-refractivity contribution in [3.8, 4) is 0 Å². The Morgan fingerprint density at radius 3 is 2.52 bits per heavy atom. The highest BCUT2D eigenvalue weighted by Crippen LogP contribution is 2.26. The molecule has 0 saturated heterocycles. The number of benzene rings is 1. The van der Waals surface area contributed by atoms with Gasteiger partial charge in [0.1, 0.15) is 0 Å². The fraction of sp³-hybridized carbons (Fsp3) is 0.550. The number of amides is 4. The predicted molar refractivity (Wildman–Crippen MR) is 102 cm³/mol. The molecule has 0 radical (unpaired) electrons. The van der Waals surface area contributed by atoms with Crippen LogP contribution in [-0.2, 0) is 4.74 Å². The highest BCUT2D eigenvalue weighted by atomic mass is 16.5. The molecule has 4 amide bonds. The van der Waals surface area contributed by atoms with E-state index in [0.29, 0.717) is 36.4 Å². The van der Waals surface area contributed by atoms with Crippen LogP contribution in [0.3, 0.4) is 0 Å². The number of urea groups is 1. The first kappa shape index (κ1) is 19.4. The molecule has 0 atom stereocenters. The Labute approximate surface area is 159 Å². The van der Waals surface area contributed by atoms with E-state index in [9.17, 15) is 14.4 Å². The van der Waals surface area contributed by atoms with Crippen LogP contribution in [0.15, 0.2) is 18.2 Å². The van der Waals surface area contributed by atoms with Gasteiger partial charge >= 0.3 is 6.03 Å². The first-order chi connectivity index (χ1) is 13.1. The van der Waals surface area contributed by atoms with Gasteiger partial charge in [-0.3, -0.25) is 14.5 Å². The van der Waals surface area contributed by atoms with Crippen LogP contribution in [0.2, 0.25) is 0 Å². The van der Waals surface area contributed by atoms with E-state index in [1.54, 1.807) is 25.3 Å². The van der Waals surface area contributed by atoms with E-state index in [0.717, 1.165) is 25.7 Å². The zero-order valence-electron chi connectivity index (χ0n) is 15.8. The molecule has 2 N–H and O–H groups in total. The van der Waals surface area contributed by atoms with Crippen LogP contribution in [0, 0.1) is 0 Å². The number of anilines is 1. The number of carbonyl (C=O) groups is 3. The molecule has 0 aromatic heterocycles. The molecule has 27 heavy (non-hydrogen) atoms. The smallest absolute Gasteiger partial charge is 0.319 e. The minimum Gasteiger partial charge on any atom is -0.385 e. The number of rotatable bonds is 6. The van der Waals surface area contributed by atoms with Crippen LogP contribution in [-0.4, -0.2) is 49.0 Å². The molecule has 1 aliphatic heterocycles. The first-order valence-corrected chi connectivity index (χ1v) is 9.67. The Kier molecular flexibility index (Phi) is 6.45. The lowest BCUT2D eigenvalue weighted by atomic mass is 10.1. The average Bonchev–Trinajstić information content (AvgIpc) is 2.83. The zero-order chi connectivity index (χ0) is 19.2. The van der Waals surface area contributed by atoms with Crippen LogP contribution in [0.25, 0.3) is 0 Å². The van der Waals surface area contributed by atoms with E-state index in [1.807, 2.05) is 0 Å². The summed E-state index contributed by atoms with van der Waals surface area (Å²) < 4.78 is 4.98. The average molecular weight is 373 g/mol. The molecular weight excluding hydrogens is 346 g/mol. The number of imide groups is 1. The van der Waals surface area contributed by atoms with Gasteiger partial charge in [0.05, 0.1) is 11.1 Å². The van der Waals surface area contributed by atoms with Crippen molar-refractivity contribution >= 4 is 23.5 Å². The summed E-state index contributed by atoms with van der Waals surface area (Å²) in [5.41, 5.74) is 1.23. The second-order valence-corrected chi connectivity index (χ2v) is 7.16. The predicted octanol–water partition coefficient (Wildman–Crippen LogP) is 3.16. The molecule has 146 valence electrons. The summed E-state index contributed by atoms with van der Waals surface area (Å²) in [4.78, 5) is 38.4. The van der Waals surface area contributed by atoms with Crippen LogP contribution in [0.4, 0.5) is 10.5 Å². The highest BCUT2D eigenvalue weighted by molar-refractivity contribution is 6.21. The number of ether oxygens (including phenoxy) is 1. The third-order valence-electron chi connectivity index (χ3n) is 5.15.